The summed E-state index contributed by atoms with van der Waals surface area (Å²) >= 11 is 0. The van der Waals surface area contributed by atoms with E-state index in [0.29, 0.717) is 6.42 Å². The molecule has 0 radical (unpaired) electrons. The van der Waals surface area contributed by atoms with Gasteiger partial charge in [0.1, 0.15) is 6.17 Å². The molecule has 0 aromatic carbocycles. The molecule has 60 valence electrons. The molecule has 0 saturated carbocycles. The van der Waals surface area contributed by atoms with Gasteiger partial charge in [-0.2, -0.15) is 0 Å². The van der Waals surface area contributed by atoms with Gasteiger partial charge in [0, 0.05) is 0 Å². The van der Waals surface area contributed by atoms with E-state index in [1.54, 1.807) is 0 Å². The molecule has 3 heteroatoms. The third-order valence-electron chi connectivity index (χ3n) is 1.27. The van der Waals surface area contributed by atoms with Crippen LogP contribution in [0, 0.1) is 0 Å². The highest BCUT2D eigenvalue weighted by molar-refractivity contribution is 5.67. The van der Waals surface area contributed by atoms with Crippen LogP contribution in [-0.2, 0) is 4.79 Å². The van der Waals surface area contributed by atoms with Crippen molar-refractivity contribution in [3.63, 3.8) is 0 Å². The number of halogens is 1. The summed E-state index contributed by atoms with van der Waals surface area (Å²) in [6, 6.07) is 0. The lowest BCUT2D eigenvalue weighted by molar-refractivity contribution is -0.138. The van der Waals surface area contributed by atoms with Gasteiger partial charge < -0.3 is 5.11 Å². The molecule has 0 amide bonds. The minimum Gasteiger partial charge on any atom is -0.481 e. The summed E-state index contributed by atoms with van der Waals surface area (Å²) in [6.07, 6.45) is 0.564. The molecule has 1 N–H and O–H groups in total. The molecule has 0 saturated heterocycles. The molecule has 0 rings (SSSR count). The number of carboxylic acids is 1. The molecule has 0 aliphatic carbocycles. The second-order valence-electron chi connectivity index (χ2n) is 2.34. The molecule has 1 unspecified atom stereocenters. The van der Waals surface area contributed by atoms with E-state index < -0.39 is 12.1 Å². The molecule has 2 nitrogen and oxygen atoms in total. The number of unbranched alkanes of at least 4 members (excludes halogenated alkanes) is 1. The molecule has 1 atom stereocenters. The molecule has 0 aliphatic rings. The van der Waals surface area contributed by atoms with Crippen molar-refractivity contribution in [1.29, 1.82) is 0 Å². The maximum absolute atomic E-state index is 12.5. The van der Waals surface area contributed by atoms with Gasteiger partial charge >= 0.3 is 5.97 Å². The van der Waals surface area contributed by atoms with Crippen molar-refractivity contribution in [2.75, 3.05) is 0 Å². The zero-order valence-electron chi connectivity index (χ0n) is 6.14. The van der Waals surface area contributed by atoms with Crippen molar-refractivity contribution in [1.82, 2.24) is 0 Å². The summed E-state index contributed by atoms with van der Waals surface area (Å²) in [4.78, 5) is 9.93. The van der Waals surface area contributed by atoms with Crippen LogP contribution in [0.15, 0.2) is 0 Å². The van der Waals surface area contributed by atoms with Crippen molar-refractivity contribution < 1.29 is 14.3 Å². The molecule has 0 heterocycles. The van der Waals surface area contributed by atoms with Crippen LogP contribution in [0.2, 0.25) is 0 Å². The number of carbonyl (C=O) groups is 1. The molecule has 0 aliphatic heterocycles. The van der Waals surface area contributed by atoms with Crippen molar-refractivity contribution in [2.45, 2.75) is 38.8 Å². The van der Waals surface area contributed by atoms with E-state index >= 15 is 0 Å². The van der Waals surface area contributed by atoms with Crippen molar-refractivity contribution in [2.24, 2.45) is 0 Å². The Hall–Kier alpha value is -0.600. The Morgan fingerprint density at radius 3 is 2.70 bits per heavy atom. The average Bonchev–Trinajstić information content (AvgIpc) is 1.82. The van der Waals surface area contributed by atoms with E-state index in [-0.39, 0.29) is 6.42 Å². The summed E-state index contributed by atoms with van der Waals surface area (Å²) in [5, 5.41) is 8.14. The molecule has 0 bridgehead atoms. The highest BCUT2D eigenvalue weighted by Crippen LogP contribution is 2.07. The van der Waals surface area contributed by atoms with Crippen LogP contribution in [0.3, 0.4) is 0 Å². The van der Waals surface area contributed by atoms with E-state index in [4.69, 9.17) is 5.11 Å². The maximum Gasteiger partial charge on any atom is 0.306 e. The smallest absolute Gasteiger partial charge is 0.306 e. The number of hydrogen-bond donors (Lipinski definition) is 1. The average molecular weight is 148 g/mol. The Bertz CT molecular complexity index is 104. The summed E-state index contributed by atoms with van der Waals surface area (Å²) in [5.41, 5.74) is 0. The third-order valence-corrected chi connectivity index (χ3v) is 1.27. The van der Waals surface area contributed by atoms with Crippen LogP contribution < -0.4 is 0 Å². The number of rotatable bonds is 5. The maximum atomic E-state index is 12.5. The van der Waals surface area contributed by atoms with Gasteiger partial charge in [-0.15, -0.1) is 0 Å². The minimum absolute atomic E-state index is 0.347. The molecular weight excluding hydrogens is 135 g/mol. The highest BCUT2D eigenvalue weighted by atomic mass is 19.1. The van der Waals surface area contributed by atoms with Crippen molar-refractivity contribution in [3.8, 4) is 0 Å². The number of carboxylic acid groups (broad SMARTS) is 1. The van der Waals surface area contributed by atoms with Gasteiger partial charge in [-0.05, 0) is 6.42 Å². The predicted octanol–water partition coefficient (Wildman–Crippen LogP) is 1.99. The Morgan fingerprint density at radius 2 is 2.30 bits per heavy atom. The van der Waals surface area contributed by atoms with Gasteiger partial charge in [0.05, 0.1) is 6.42 Å². The first-order chi connectivity index (χ1) is 4.66. The first-order valence-corrected chi connectivity index (χ1v) is 3.52. The second-order valence-corrected chi connectivity index (χ2v) is 2.34. The fourth-order valence-corrected chi connectivity index (χ4v) is 0.717. The Labute approximate surface area is 60.1 Å². The Balaban J connectivity index is 3.25. The Morgan fingerprint density at radius 1 is 1.70 bits per heavy atom. The van der Waals surface area contributed by atoms with Gasteiger partial charge in [0.15, 0.2) is 0 Å². The lowest BCUT2D eigenvalue weighted by Crippen LogP contribution is -2.07. The van der Waals surface area contributed by atoms with Crippen LogP contribution in [0.4, 0.5) is 4.39 Å². The summed E-state index contributed by atoms with van der Waals surface area (Å²) in [7, 11) is 0. The quantitative estimate of drug-likeness (QED) is 0.647. The first kappa shape index (κ1) is 9.40. The largest absolute Gasteiger partial charge is 0.481 e. The van der Waals surface area contributed by atoms with Gasteiger partial charge in [0.25, 0.3) is 0 Å². The number of aliphatic carboxylic acids is 1. The van der Waals surface area contributed by atoms with Crippen LogP contribution in [0.25, 0.3) is 0 Å². The van der Waals surface area contributed by atoms with Crippen molar-refractivity contribution in [3.05, 3.63) is 0 Å². The summed E-state index contributed by atoms with van der Waals surface area (Å²) < 4.78 is 12.5. The van der Waals surface area contributed by atoms with E-state index in [1.807, 2.05) is 6.92 Å². The second kappa shape index (κ2) is 5.21. The zero-order chi connectivity index (χ0) is 7.98. The summed E-state index contributed by atoms with van der Waals surface area (Å²) in [6.45, 7) is 1.95. The zero-order valence-corrected chi connectivity index (χ0v) is 6.14. The fourth-order valence-electron chi connectivity index (χ4n) is 0.717. The van der Waals surface area contributed by atoms with E-state index in [2.05, 4.69) is 0 Å². The van der Waals surface area contributed by atoms with E-state index in [0.717, 1.165) is 12.8 Å². The highest BCUT2D eigenvalue weighted by Gasteiger charge is 2.09. The number of alkyl halides is 1. The Kier molecular flexibility index (Phi) is 4.89. The monoisotopic (exact) mass is 148 g/mol. The first-order valence-electron chi connectivity index (χ1n) is 3.52. The normalized spacial score (nSPS) is 13.0. The standard InChI is InChI=1S/C7H13FO2/c1-2-3-4-6(8)5-7(9)10/h6H,2-5H2,1H3,(H,9,10). The minimum atomic E-state index is -1.16. The third kappa shape index (κ3) is 5.54. The molecule has 0 spiro atoms. The topological polar surface area (TPSA) is 37.3 Å². The van der Waals surface area contributed by atoms with Crippen LogP contribution in [0.1, 0.15) is 32.6 Å². The van der Waals surface area contributed by atoms with Gasteiger partial charge in [-0.1, -0.05) is 19.8 Å². The van der Waals surface area contributed by atoms with Gasteiger partial charge in [-0.25, -0.2) is 4.39 Å². The van der Waals surface area contributed by atoms with Crippen molar-refractivity contribution >= 4 is 5.97 Å². The molecule has 0 fully saturated rings. The van der Waals surface area contributed by atoms with Crippen LogP contribution >= 0.6 is 0 Å². The molecular formula is C7H13FO2. The van der Waals surface area contributed by atoms with Gasteiger partial charge in [0.2, 0.25) is 0 Å². The van der Waals surface area contributed by atoms with Gasteiger partial charge in [-0.3, -0.25) is 4.79 Å². The molecule has 10 heavy (non-hydrogen) atoms. The molecule has 0 aromatic rings. The predicted molar refractivity (Wildman–Crippen MR) is 36.7 cm³/mol. The van der Waals surface area contributed by atoms with E-state index in [1.165, 1.54) is 0 Å². The lowest BCUT2D eigenvalue weighted by Gasteiger charge is -2.01. The number of hydrogen-bond acceptors (Lipinski definition) is 1. The molecule has 0 aromatic heterocycles. The fraction of sp³-hybridized carbons (Fsp3) is 0.857. The lowest BCUT2D eigenvalue weighted by atomic mass is 10.1. The van der Waals surface area contributed by atoms with E-state index in [9.17, 15) is 9.18 Å². The van der Waals surface area contributed by atoms with Crippen LogP contribution in [0.5, 0.6) is 0 Å². The SMILES string of the molecule is CCCCC(F)CC(=O)O. The summed E-state index contributed by atoms with van der Waals surface area (Å²) in [5.74, 6) is -1.05. The van der Waals surface area contributed by atoms with Crippen LogP contribution in [-0.4, -0.2) is 17.2 Å².